The first-order chi connectivity index (χ1) is 7.99. The van der Waals surface area contributed by atoms with E-state index in [0.717, 1.165) is 6.42 Å². The van der Waals surface area contributed by atoms with E-state index < -0.39 is 5.60 Å². The first-order valence-electron chi connectivity index (χ1n) is 5.82. The van der Waals surface area contributed by atoms with Crippen molar-refractivity contribution in [3.8, 4) is 0 Å². The SMILES string of the molecule is COCCCN(CCOC)C(=O)C(C)(C)OC. The highest BCUT2D eigenvalue weighted by Gasteiger charge is 2.31. The standard InChI is InChI=1S/C12H25NO4/c1-12(2,17-5)11(14)13(8-10-16-4)7-6-9-15-3/h6-10H2,1-5H3. The molecule has 1 amide bonds. The quantitative estimate of drug-likeness (QED) is 0.569. The molecular weight excluding hydrogens is 222 g/mol. The Labute approximate surface area is 104 Å². The molecule has 0 radical (unpaired) electrons. The zero-order chi connectivity index (χ0) is 13.3. The summed E-state index contributed by atoms with van der Waals surface area (Å²) in [4.78, 5) is 14.0. The molecule has 0 rings (SSSR count). The first-order valence-corrected chi connectivity index (χ1v) is 5.82. The maximum absolute atomic E-state index is 12.2. The van der Waals surface area contributed by atoms with E-state index in [9.17, 15) is 4.79 Å². The third-order valence-corrected chi connectivity index (χ3v) is 2.65. The van der Waals surface area contributed by atoms with Gasteiger partial charge in [0.15, 0.2) is 0 Å². The van der Waals surface area contributed by atoms with Gasteiger partial charge in [0.1, 0.15) is 5.60 Å². The third-order valence-electron chi connectivity index (χ3n) is 2.65. The van der Waals surface area contributed by atoms with Crippen molar-refractivity contribution < 1.29 is 19.0 Å². The van der Waals surface area contributed by atoms with Crippen LogP contribution in [0, 0.1) is 0 Å². The largest absolute Gasteiger partial charge is 0.385 e. The van der Waals surface area contributed by atoms with E-state index in [-0.39, 0.29) is 5.91 Å². The van der Waals surface area contributed by atoms with Crippen molar-refractivity contribution >= 4 is 5.91 Å². The number of rotatable bonds is 9. The second kappa shape index (κ2) is 8.44. The Kier molecular flexibility index (Phi) is 8.12. The molecule has 0 N–H and O–H groups in total. The number of nitrogens with zero attached hydrogens (tertiary/aromatic N) is 1. The number of hydrogen-bond donors (Lipinski definition) is 0. The Bertz CT molecular complexity index is 219. The molecular formula is C12H25NO4. The molecule has 5 heteroatoms. The monoisotopic (exact) mass is 247 g/mol. The molecule has 0 spiro atoms. The number of carbonyl (C=O) groups is 1. The van der Waals surface area contributed by atoms with E-state index in [1.165, 1.54) is 0 Å². The van der Waals surface area contributed by atoms with Crippen LogP contribution in [0.3, 0.4) is 0 Å². The van der Waals surface area contributed by atoms with Gasteiger partial charge in [-0.1, -0.05) is 0 Å². The molecule has 0 aromatic carbocycles. The fourth-order valence-corrected chi connectivity index (χ4v) is 1.38. The zero-order valence-electron chi connectivity index (χ0n) is 11.6. The molecule has 17 heavy (non-hydrogen) atoms. The van der Waals surface area contributed by atoms with Gasteiger partial charge in [0.05, 0.1) is 6.61 Å². The Hall–Kier alpha value is -0.650. The predicted octanol–water partition coefficient (Wildman–Crippen LogP) is 0.923. The minimum Gasteiger partial charge on any atom is -0.385 e. The first kappa shape index (κ1) is 16.4. The summed E-state index contributed by atoms with van der Waals surface area (Å²) in [6.07, 6.45) is 0.811. The van der Waals surface area contributed by atoms with Gasteiger partial charge in [-0.15, -0.1) is 0 Å². The summed E-state index contributed by atoms with van der Waals surface area (Å²) in [5.74, 6) is -0.0202. The number of ether oxygens (including phenoxy) is 3. The molecule has 0 aromatic heterocycles. The number of hydrogen-bond acceptors (Lipinski definition) is 4. The van der Waals surface area contributed by atoms with Crippen LogP contribution in [0.2, 0.25) is 0 Å². The van der Waals surface area contributed by atoms with Gasteiger partial charge < -0.3 is 19.1 Å². The van der Waals surface area contributed by atoms with Crippen LogP contribution in [0.1, 0.15) is 20.3 Å². The van der Waals surface area contributed by atoms with Crippen LogP contribution in [-0.2, 0) is 19.0 Å². The van der Waals surface area contributed by atoms with Crippen molar-refractivity contribution in [1.29, 1.82) is 0 Å². The van der Waals surface area contributed by atoms with Gasteiger partial charge in [0.2, 0.25) is 0 Å². The molecule has 0 atom stereocenters. The molecule has 0 aliphatic heterocycles. The molecule has 5 nitrogen and oxygen atoms in total. The lowest BCUT2D eigenvalue weighted by molar-refractivity contribution is -0.151. The van der Waals surface area contributed by atoms with Crippen molar-refractivity contribution in [3.05, 3.63) is 0 Å². The summed E-state index contributed by atoms with van der Waals surface area (Å²) < 4.78 is 15.2. The molecule has 0 aliphatic rings. The van der Waals surface area contributed by atoms with Crippen molar-refractivity contribution in [2.45, 2.75) is 25.9 Å². The molecule has 0 aromatic rings. The van der Waals surface area contributed by atoms with Crippen LogP contribution in [0.15, 0.2) is 0 Å². The van der Waals surface area contributed by atoms with E-state index in [0.29, 0.717) is 26.3 Å². The summed E-state index contributed by atoms with van der Waals surface area (Å²) >= 11 is 0. The fraction of sp³-hybridized carbons (Fsp3) is 0.917. The lowest BCUT2D eigenvalue weighted by Gasteiger charge is -2.30. The average Bonchev–Trinajstić information content (AvgIpc) is 2.32. The molecule has 0 heterocycles. The van der Waals surface area contributed by atoms with Crippen molar-refractivity contribution in [3.63, 3.8) is 0 Å². The molecule has 0 fully saturated rings. The highest BCUT2D eigenvalue weighted by Crippen LogP contribution is 2.12. The lowest BCUT2D eigenvalue weighted by atomic mass is 10.1. The molecule has 102 valence electrons. The summed E-state index contributed by atoms with van der Waals surface area (Å²) in [6, 6.07) is 0. The fourth-order valence-electron chi connectivity index (χ4n) is 1.38. The van der Waals surface area contributed by atoms with Crippen LogP contribution in [0.4, 0.5) is 0 Å². The molecule has 0 unspecified atom stereocenters. The van der Waals surface area contributed by atoms with E-state index in [1.54, 1.807) is 40.1 Å². The third kappa shape index (κ3) is 6.00. The second-order valence-electron chi connectivity index (χ2n) is 4.35. The summed E-state index contributed by atoms with van der Waals surface area (Å²) in [5, 5.41) is 0. The predicted molar refractivity (Wildman–Crippen MR) is 66.0 cm³/mol. The molecule has 0 aliphatic carbocycles. The van der Waals surface area contributed by atoms with E-state index in [1.807, 2.05) is 0 Å². The average molecular weight is 247 g/mol. The normalized spacial score (nSPS) is 11.6. The van der Waals surface area contributed by atoms with Crippen LogP contribution in [-0.4, -0.2) is 64.0 Å². The van der Waals surface area contributed by atoms with Gasteiger partial charge in [-0.2, -0.15) is 0 Å². The van der Waals surface area contributed by atoms with Crippen LogP contribution in [0.25, 0.3) is 0 Å². The van der Waals surface area contributed by atoms with Crippen molar-refractivity contribution in [2.24, 2.45) is 0 Å². The molecule has 0 bridgehead atoms. The van der Waals surface area contributed by atoms with Crippen LogP contribution in [0.5, 0.6) is 0 Å². The van der Waals surface area contributed by atoms with E-state index in [2.05, 4.69) is 0 Å². The van der Waals surface area contributed by atoms with Gasteiger partial charge in [-0.05, 0) is 20.3 Å². The van der Waals surface area contributed by atoms with Gasteiger partial charge >= 0.3 is 0 Å². The van der Waals surface area contributed by atoms with Crippen LogP contribution >= 0.6 is 0 Å². The van der Waals surface area contributed by atoms with Crippen LogP contribution < -0.4 is 0 Å². The topological polar surface area (TPSA) is 48.0 Å². The van der Waals surface area contributed by atoms with Gasteiger partial charge in [-0.25, -0.2) is 0 Å². The maximum Gasteiger partial charge on any atom is 0.254 e. The minimum atomic E-state index is -0.791. The Morgan fingerprint density at radius 3 is 2.12 bits per heavy atom. The van der Waals surface area contributed by atoms with E-state index >= 15 is 0 Å². The van der Waals surface area contributed by atoms with Gasteiger partial charge in [0, 0.05) is 41.0 Å². The molecule has 0 saturated carbocycles. The minimum absolute atomic E-state index is 0.0202. The number of methoxy groups -OCH3 is 3. The van der Waals surface area contributed by atoms with Gasteiger partial charge in [-0.3, -0.25) is 4.79 Å². The summed E-state index contributed by atoms with van der Waals surface area (Å²) in [7, 11) is 4.82. The Morgan fingerprint density at radius 2 is 1.65 bits per heavy atom. The second-order valence-corrected chi connectivity index (χ2v) is 4.35. The Balaban J connectivity index is 4.39. The lowest BCUT2D eigenvalue weighted by Crippen LogP contribution is -2.48. The van der Waals surface area contributed by atoms with Gasteiger partial charge in [0.25, 0.3) is 5.91 Å². The highest BCUT2D eigenvalue weighted by molar-refractivity contribution is 5.84. The zero-order valence-corrected chi connectivity index (χ0v) is 11.6. The number of carbonyl (C=O) groups excluding carboxylic acids is 1. The van der Waals surface area contributed by atoms with Crippen molar-refractivity contribution in [1.82, 2.24) is 4.90 Å². The van der Waals surface area contributed by atoms with E-state index in [4.69, 9.17) is 14.2 Å². The summed E-state index contributed by atoms with van der Waals surface area (Å²) in [5.41, 5.74) is -0.791. The van der Waals surface area contributed by atoms with Crippen molar-refractivity contribution in [2.75, 3.05) is 47.6 Å². The molecule has 0 saturated heterocycles. The summed E-state index contributed by atoms with van der Waals surface area (Å²) in [6.45, 7) is 5.94. The Morgan fingerprint density at radius 1 is 1.06 bits per heavy atom. The highest BCUT2D eigenvalue weighted by atomic mass is 16.5. The number of amides is 1. The maximum atomic E-state index is 12.2. The smallest absolute Gasteiger partial charge is 0.254 e.